The lowest BCUT2D eigenvalue weighted by atomic mass is 10.1. The maximum Gasteiger partial charge on any atom is 0.317 e. The smallest absolute Gasteiger partial charge is 0.317 e. The highest BCUT2D eigenvalue weighted by atomic mass is 32.2. The second kappa shape index (κ2) is 6.91. The standard InChI is InChI=1S/C14H21N3O3S/c1-2-15-14(18)17-10-6-7-12(11-17)16-21(19,20)13-8-4-3-5-9-13/h3-5,8-9,12,16H,2,6-7,10-11H2,1H3,(H,15,18)/t12-/m0/s1. The average Bonchev–Trinajstić information content (AvgIpc) is 2.48. The van der Waals surface area contributed by atoms with E-state index in [9.17, 15) is 13.2 Å². The number of hydrogen-bond acceptors (Lipinski definition) is 3. The Morgan fingerprint density at radius 3 is 2.71 bits per heavy atom. The summed E-state index contributed by atoms with van der Waals surface area (Å²) in [7, 11) is -3.53. The van der Waals surface area contributed by atoms with Crippen LogP contribution in [0.1, 0.15) is 19.8 Å². The van der Waals surface area contributed by atoms with Gasteiger partial charge in [-0.15, -0.1) is 0 Å². The minimum Gasteiger partial charge on any atom is -0.338 e. The highest BCUT2D eigenvalue weighted by molar-refractivity contribution is 7.89. The molecule has 0 aromatic heterocycles. The number of amides is 2. The normalized spacial score (nSPS) is 19.3. The minimum absolute atomic E-state index is 0.138. The van der Waals surface area contributed by atoms with Crippen LogP contribution in [0.4, 0.5) is 4.79 Å². The van der Waals surface area contributed by atoms with E-state index in [2.05, 4.69) is 10.0 Å². The molecule has 21 heavy (non-hydrogen) atoms. The first kappa shape index (κ1) is 15.8. The second-order valence-electron chi connectivity index (χ2n) is 5.05. The fourth-order valence-corrected chi connectivity index (χ4v) is 3.69. The van der Waals surface area contributed by atoms with Gasteiger partial charge in [0.05, 0.1) is 4.90 Å². The molecular formula is C14H21N3O3S. The summed E-state index contributed by atoms with van der Waals surface area (Å²) >= 11 is 0. The van der Waals surface area contributed by atoms with E-state index in [1.54, 1.807) is 35.2 Å². The quantitative estimate of drug-likeness (QED) is 0.876. The third-order valence-corrected chi connectivity index (χ3v) is 4.95. The highest BCUT2D eigenvalue weighted by Gasteiger charge is 2.27. The van der Waals surface area contributed by atoms with Gasteiger partial charge in [-0.2, -0.15) is 0 Å². The molecule has 2 amide bonds. The molecule has 0 saturated carbocycles. The molecule has 0 spiro atoms. The Balaban J connectivity index is 2.01. The number of nitrogens with one attached hydrogen (secondary N) is 2. The van der Waals surface area contributed by atoms with Crippen LogP contribution in [0.15, 0.2) is 35.2 Å². The van der Waals surface area contributed by atoms with Crippen LogP contribution in [-0.4, -0.2) is 45.0 Å². The summed E-state index contributed by atoms with van der Waals surface area (Å²) in [5.74, 6) is 0. The molecule has 1 aromatic carbocycles. The van der Waals surface area contributed by atoms with Gasteiger partial charge in [0.2, 0.25) is 10.0 Å². The van der Waals surface area contributed by atoms with Crippen LogP contribution < -0.4 is 10.0 Å². The van der Waals surface area contributed by atoms with Crippen LogP contribution in [0.5, 0.6) is 0 Å². The first-order valence-electron chi connectivity index (χ1n) is 7.13. The predicted octanol–water partition coefficient (Wildman–Crippen LogP) is 1.16. The first-order chi connectivity index (χ1) is 10.0. The van der Waals surface area contributed by atoms with E-state index in [0.29, 0.717) is 19.6 Å². The van der Waals surface area contributed by atoms with Crippen LogP contribution in [0.25, 0.3) is 0 Å². The van der Waals surface area contributed by atoms with Crippen molar-refractivity contribution in [2.75, 3.05) is 19.6 Å². The van der Waals surface area contributed by atoms with Gasteiger partial charge in [-0.25, -0.2) is 17.9 Å². The second-order valence-corrected chi connectivity index (χ2v) is 6.77. The lowest BCUT2D eigenvalue weighted by Crippen LogP contribution is -2.52. The summed E-state index contributed by atoms with van der Waals surface area (Å²) in [6.45, 7) is 3.49. The number of hydrogen-bond donors (Lipinski definition) is 2. The molecule has 0 bridgehead atoms. The molecule has 2 N–H and O–H groups in total. The molecule has 1 heterocycles. The van der Waals surface area contributed by atoms with Gasteiger partial charge in [0, 0.05) is 25.7 Å². The summed E-state index contributed by atoms with van der Waals surface area (Å²) in [6, 6.07) is 7.90. The summed E-state index contributed by atoms with van der Waals surface area (Å²) in [5, 5.41) is 2.74. The topological polar surface area (TPSA) is 78.5 Å². The Labute approximate surface area is 125 Å². The Morgan fingerprint density at radius 1 is 1.33 bits per heavy atom. The van der Waals surface area contributed by atoms with Crippen molar-refractivity contribution in [2.45, 2.75) is 30.7 Å². The van der Waals surface area contributed by atoms with Crippen molar-refractivity contribution < 1.29 is 13.2 Å². The zero-order chi connectivity index (χ0) is 15.3. The molecule has 0 unspecified atom stereocenters. The molecule has 1 aliphatic rings. The van der Waals surface area contributed by atoms with E-state index in [1.807, 2.05) is 6.92 Å². The van der Waals surface area contributed by atoms with Crippen molar-refractivity contribution >= 4 is 16.1 Å². The number of nitrogens with zero attached hydrogens (tertiary/aromatic N) is 1. The van der Waals surface area contributed by atoms with Crippen molar-refractivity contribution in [3.8, 4) is 0 Å². The third kappa shape index (κ3) is 4.18. The third-order valence-electron chi connectivity index (χ3n) is 3.41. The number of likely N-dealkylation sites (tertiary alicyclic amines) is 1. The molecule has 116 valence electrons. The average molecular weight is 311 g/mol. The molecule has 1 aromatic rings. The zero-order valence-corrected chi connectivity index (χ0v) is 12.9. The maximum absolute atomic E-state index is 12.3. The lowest BCUT2D eigenvalue weighted by molar-refractivity contribution is 0.178. The van der Waals surface area contributed by atoms with Gasteiger partial charge in [0.25, 0.3) is 0 Å². The Bertz CT molecular complexity index is 574. The number of benzene rings is 1. The van der Waals surface area contributed by atoms with Crippen molar-refractivity contribution in [1.82, 2.24) is 14.9 Å². The van der Waals surface area contributed by atoms with Crippen LogP contribution in [0, 0.1) is 0 Å². The van der Waals surface area contributed by atoms with Crippen LogP contribution in [0.2, 0.25) is 0 Å². The molecular weight excluding hydrogens is 290 g/mol. The SMILES string of the molecule is CCNC(=O)N1CCC[C@H](NS(=O)(=O)c2ccccc2)C1. The van der Waals surface area contributed by atoms with Gasteiger partial charge in [0.1, 0.15) is 0 Å². The summed E-state index contributed by atoms with van der Waals surface area (Å²) in [6.07, 6.45) is 1.53. The van der Waals surface area contributed by atoms with Crippen molar-refractivity contribution in [2.24, 2.45) is 0 Å². The van der Waals surface area contributed by atoms with Crippen LogP contribution >= 0.6 is 0 Å². The summed E-state index contributed by atoms with van der Waals surface area (Å²) < 4.78 is 27.2. The maximum atomic E-state index is 12.3. The number of urea groups is 1. The molecule has 1 atom stereocenters. The molecule has 0 radical (unpaired) electrons. The molecule has 7 heteroatoms. The fourth-order valence-electron chi connectivity index (χ4n) is 2.41. The molecule has 2 rings (SSSR count). The number of piperidine rings is 1. The van der Waals surface area contributed by atoms with E-state index < -0.39 is 10.0 Å². The van der Waals surface area contributed by atoms with Crippen LogP contribution in [-0.2, 0) is 10.0 Å². The van der Waals surface area contributed by atoms with Crippen molar-refractivity contribution in [3.63, 3.8) is 0 Å². The molecule has 6 nitrogen and oxygen atoms in total. The molecule has 1 fully saturated rings. The van der Waals surface area contributed by atoms with Crippen molar-refractivity contribution in [1.29, 1.82) is 0 Å². The predicted molar refractivity (Wildman–Crippen MR) is 80.4 cm³/mol. The minimum atomic E-state index is -3.53. The van der Waals surface area contributed by atoms with E-state index in [0.717, 1.165) is 12.8 Å². The molecule has 0 aliphatic carbocycles. The Hall–Kier alpha value is -1.60. The van der Waals surface area contributed by atoms with E-state index >= 15 is 0 Å². The highest BCUT2D eigenvalue weighted by Crippen LogP contribution is 2.14. The summed E-state index contributed by atoms with van der Waals surface area (Å²) in [4.78, 5) is 13.7. The largest absolute Gasteiger partial charge is 0.338 e. The van der Waals surface area contributed by atoms with Gasteiger partial charge >= 0.3 is 6.03 Å². The number of sulfonamides is 1. The first-order valence-corrected chi connectivity index (χ1v) is 8.61. The Morgan fingerprint density at radius 2 is 2.05 bits per heavy atom. The van der Waals surface area contributed by atoms with Gasteiger partial charge in [-0.3, -0.25) is 0 Å². The van der Waals surface area contributed by atoms with Gasteiger partial charge < -0.3 is 10.2 Å². The molecule has 1 saturated heterocycles. The molecule has 1 aliphatic heterocycles. The van der Waals surface area contributed by atoms with Gasteiger partial charge in [-0.05, 0) is 31.9 Å². The van der Waals surface area contributed by atoms with E-state index in [4.69, 9.17) is 0 Å². The number of carbonyl (C=O) groups excluding carboxylic acids is 1. The summed E-state index contributed by atoms with van der Waals surface area (Å²) in [5.41, 5.74) is 0. The monoisotopic (exact) mass is 311 g/mol. The van der Waals surface area contributed by atoms with Gasteiger partial charge in [-0.1, -0.05) is 18.2 Å². The van der Waals surface area contributed by atoms with Crippen LogP contribution in [0.3, 0.4) is 0 Å². The number of rotatable bonds is 4. The fraction of sp³-hybridized carbons (Fsp3) is 0.500. The lowest BCUT2D eigenvalue weighted by Gasteiger charge is -2.32. The van der Waals surface area contributed by atoms with Crippen molar-refractivity contribution in [3.05, 3.63) is 30.3 Å². The van der Waals surface area contributed by atoms with E-state index in [1.165, 1.54) is 0 Å². The van der Waals surface area contributed by atoms with Gasteiger partial charge in [0.15, 0.2) is 0 Å². The van der Waals surface area contributed by atoms with E-state index in [-0.39, 0.29) is 17.0 Å². The zero-order valence-electron chi connectivity index (χ0n) is 12.1. The Kier molecular flexibility index (Phi) is 5.19. The number of carbonyl (C=O) groups is 1.